The molecule has 1 unspecified atom stereocenters. The number of amides is 1. The molecule has 13 nitrogen and oxygen atoms in total. The fourth-order valence-electron chi connectivity index (χ4n) is 3.99. The van der Waals surface area contributed by atoms with Crippen LogP contribution in [0.5, 0.6) is 0 Å². The van der Waals surface area contributed by atoms with E-state index in [9.17, 15) is 29.4 Å². The topological polar surface area (TPSA) is 200 Å². The van der Waals surface area contributed by atoms with Crippen molar-refractivity contribution in [2.75, 3.05) is 40.6 Å². The van der Waals surface area contributed by atoms with E-state index >= 15 is 0 Å². The molecule has 1 aromatic carbocycles. The van der Waals surface area contributed by atoms with Gasteiger partial charge in [-0.15, -0.1) is 0 Å². The average molecular weight is 480 g/mol. The number of nitrogens with zero attached hydrogens (tertiary/aromatic N) is 3. The number of rotatable bonds is 7. The van der Waals surface area contributed by atoms with E-state index in [0.29, 0.717) is 31.3 Å². The quantitative estimate of drug-likeness (QED) is 0.286. The number of nitrogens with two attached hydrogens (primary N) is 1. The molecule has 4 rings (SSSR count). The molecule has 14 heteroatoms. The molecule has 0 saturated carbocycles. The SMILES string of the molecule is Nc1nc2c(c(=O)[nH]1)N1CN(c3ccc(C(=O)NC(CCC(=O)[O-])C(=O)[O-])cc3)C[C@H]1CN2.[Mg+2]. The first kappa shape index (κ1) is 25.1. The molecule has 1 fully saturated rings. The van der Waals surface area contributed by atoms with Crippen LogP contribution >= 0.6 is 0 Å². The van der Waals surface area contributed by atoms with Crippen molar-refractivity contribution in [3.05, 3.63) is 40.2 Å². The van der Waals surface area contributed by atoms with Crippen LogP contribution in [0.3, 0.4) is 0 Å². The van der Waals surface area contributed by atoms with E-state index in [1.807, 2.05) is 9.80 Å². The molecule has 0 radical (unpaired) electrons. The molecule has 3 heterocycles. The zero-order chi connectivity index (χ0) is 23.7. The molecule has 2 atom stereocenters. The van der Waals surface area contributed by atoms with Gasteiger partial charge in [-0.05, 0) is 37.1 Å². The summed E-state index contributed by atoms with van der Waals surface area (Å²) >= 11 is 0. The third-order valence-electron chi connectivity index (χ3n) is 5.62. The molecule has 0 bridgehead atoms. The molecule has 2 aliphatic heterocycles. The molecule has 1 saturated heterocycles. The molecule has 0 spiro atoms. The predicted octanol–water partition coefficient (Wildman–Crippen LogP) is -3.57. The fourth-order valence-corrected chi connectivity index (χ4v) is 3.99. The van der Waals surface area contributed by atoms with Gasteiger partial charge in [0.1, 0.15) is 5.69 Å². The predicted molar refractivity (Wildman–Crippen MR) is 119 cm³/mol. The largest absolute Gasteiger partial charge is 2.00 e. The van der Waals surface area contributed by atoms with Crippen molar-refractivity contribution in [3.63, 3.8) is 0 Å². The zero-order valence-electron chi connectivity index (χ0n) is 18.1. The van der Waals surface area contributed by atoms with Crippen molar-refractivity contribution < 1.29 is 24.6 Å². The van der Waals surface area contributed by atoms with Gasteiger partial charge in [-0.1, -0.05) is 0 Å². The summed E-state index contributed by atoms with van der Waals surface area (Å²) in [5.41, 5.74) is 6.72. The number of H-pyrrole nitrogens is 1. The minimum absolute atomic E-state index is 0. The number of carbonyl (C=O) groups excluding carboxylic acids is 3. The van der Waals surface area contributed by atoms with Gasteiger partial charge in [0.15, 0.2) is 5.82 Å². The van der Waals surface area contributed by atoms with E-state index in [4.69, 9.17) is 5.73 Å². The summed E-state index contributed by atoms with van der Waals surface area (Å²) < 4.78 is 0. The van der Waals surface area contributed by atoms with Crippen LogP contribution in [-0.2, 0) is 9.59 Å². The number of aromatic nitrogens is 2. The number of benzene rings is 1. The summed E-state index contributed by atoms with van der Waals surface area (Å²) in [6, 6.07) is 5.07. The van der Waals surface area contributed by atoms with E-state index in [0.717, 1.165) is 5.69 Å². The van der Waals surface area contributed by atoms with Gasteiger partial charge < -0.3 is 46.0 Å². The van der Waals surface area contributed by atoms with Crippen LogP contribution in [0, 0.1) is 0 Å². The third kappa shape index (κ3) is 5.17. The van der Waals surface area contributed by atoms with Crippen molar-refractivity contribution in [3.8, 4) is 0 Å². The molecule has 1 amide bonds. The first-order chi connectivity index (χ1) is 15.7. The number of carboxylic acid groups (broad SMARTS) is 2. The number of anilines is 4. The molecule has 2 aromatic rings. The molecule has 1 aromatic heterocycles. The molecular formula is C20H21MgN7O6. The summed E-state index contributed by atoms with van der Waals surface area (Å²) in [5.74, 6) is -3.19. The Morgan fingerprint density at radius 3 is 2.59 bits per heavy atom. The zero-order valence-corrected chi connectivity index (χ0v) is 19.5. The van der Waals surface area contributed by atoms with Gasteiger partial charge in [-0.25, -0.2) is 0 Å². The van der Waals surface area contributed by atoms with Crippen LogP contribution in [0.4, 0.5) is 23.1 Å². The van der Waals surface area contributed by atoms with Crippen LogP contribution in [0.15, 0.2) is 29.1 Å². The van der Waals surface area contributed by atoms with Gasteiger partial charge in [0.2, 0.25) is 5.95 Å². The maximum atomic E-state index is 12.4. The number of carbonyl (C=O) groups is 3. The van der Waals surface area contributed by atoms with Crippen molar-refractivity contribution >= 4 is 64.0 Å². The van der Waals surface area contributed by atoms with Crippen molar-refractivity contribution in [1.29, 1.82) is 0 Å². The molecule has 174 valence electrons. The summed E-state index contributed by atoms with van der Waals surface area (Å²) in [5, 5.41) is 27.1. The van der Waals surface area contributed by atoms with E-state index < -0.39 is 30.3 Å². The van der Waals surface area contributed by atoms with E-state index in [-0.39, 0.29) is 52.6 Å². The Kier molecular flexibility index (Phi) is 7.51. The Morgan fingerprint density at radius 2 is 1.94 bits per heavy atom. The summed E-state index contributed by atoms with van der Waals surface area (Å²) in [6.45, 7) is 1.63. The number of nitrogens with one attached hydrogen (secondary N) is 3. The Morgan fingerprint density at radius 1 is 1.24 bits per heavy atom. The minimum atomic E-state index is -1.57. The maximum absolute atomic E-state index is 12.4. The van der Waals surface area contributed by atoms with E-state index in [1.54, 1.807) is 12.1 Å². The minimum Gasteiger partial charge on any atom is -0.550 e. The first-order valence-corrected chi connectivity index (χ1v) is 10.2. The van der Waals surface area contributed by atoms with Crippen LogP contribution < -0.4 is 41.9 Å². The Balaban J connectivity index is 0.00000324. The number of aliphatic carboxylic acids is 2. The average Bonchev–Trinajstić information content (AvgIpc) is 3.20. The van der Waals surface area contributed by atoms with E-state index in [2.05, 4.69) is 20.6 Å². The standard InChI is InChI=1S/C20H23N7O6.Mg/c21-20-24-16-15(18(31)25-20)27-9-26(8-12(27)7-22-16)11-3-1-10(2-4-11)17(30)23-13(19(32)33)5-6-14(28)29;/h1-4,12-13H,5-9H2,(H,23,30)(H,28,29)(H,32,33)(H4,21,22,24,25,31);/q;+2/p-2/t12-,13?;/m1./s1. The van der Waals surface area contributed by atoms with Crippen LogP contribution in [-0.4, -0.2) is 82.7 Å². The summed E-state index contributed by atoms with van der Waals surface area (Å²) in [4.78, 5) is 57.2. The second-order valence-electron chi connectivity index (χ2n) is 7.82. The fraction of sp³-hybridized carbons (Fsp3) is 0.350. The van der Waals surface area contributed by atoms with Gasteiger partial charge >= 0.3 is 23.1 Å². The van der Waals surface area contributed by atoms with Crippen molar-refractivity contribution in [1.82, 2.24) is 15.3 Å². The van der Waals surface area contributed by atoms with Gasteiger partial charge in [-0.2, -0.15) is 4.98 Å². The Labute approximate surface area is 209 Å². The molecule has 0 aliphatic carbocycles. The summed E-state index contributed by atoms with van der Waals surface area (Å²) in [6.07, 6.45) is -0.859. The number of aromatic amines is 1. The van der Waals surface area contributed by atoms with Crippen LogP contribution in [0.25, 0.3) is 0 Å². The second-order valence-corrected chi connectivity index (χ2v) is 7.82. The number of nitrogen functional groups attached to an aromatic ring is 1. The molecule has 34 heavy (non-hydrogen) atoms. The van der Waals surface area contributed by atoms with Gasteiger partial charge in [0.25, 0.3) is 11.5 Å². The van der Waals surface area contributed by atoms with Gasteiger partial charge in [0.05, 0.1) is 24.7 Å². The first-order valence-electron chi connectivity index (χ1n) is 10.2. The summed E-state index contributed by atoms with van der Waals surface area (Å²) in [7, 11) is 0. The number of fused-ring (bicyclic) bond motifs is 3. The van der Waals surface area contributed by atoms with Crippen LogP contribution in [0.1, 0.15) is 23.2 Å². The number of hydrogen-bond donors (Lipinski definition) is 4. The van der Waals surface area contributed by atoms with Crippen LogP contribution in [0.2, 0.25) is 0 Å². The van der Waals surface area contributed by atoms with Gasteiger partial charge in [-0.3, -0.25) is 14.6 Å². The number of hydrogen-bond acceptors (Lipinski definition) is 11. The Hall–Kier alpha value is -3.52. The maximum Gasteiger partial charge on any atom is 2.00 e. The van der Waals surface area contributed by atoms with Crippen molar-refractivity contribution in [2.45, 2.75) is 24.9 Å². The second kappa shape index (κ2) is 10.2. The van der Waals surface area contributed by atoms with Crippen molar-refractivity contribution in [2.24, 2.45) is 0 Å². The smallest absolute Gasteiger partial charge is 0.550 e. The normalized spacial score (nSPS) is 17.0. The number of carboxylic acids is 2. The molecular weight excluding hydrogens is 459 g/mol. The van der Waals surface area contributed by atoms with E-state index in [1.165, 1.54) is 12.1 Å². The monoisotopic (exact) mass is 479 g/mol. The molecule has 2 aliphatic rings. The Bertz CT molecular complexity index is 1160. The molecule has 5 N–H and O–H groups in total. The van der Waals surface area contributed by atoms with Gasteiger partial charge in [0, 0.05) is 30.3 Å². The third-order valence-corrected chi connectivity index (χ3v) is 5.62.